The van der Waals surface area contributed by atoms with Crippen molar-refractivity contribution in [3.63, 3.8) is 0 Å². The highest BCUT2D eigenvalue weighted by Gasteiger charge is 2.15. The van der Waals surface area contributed by atoms with Crippen LogP contribution in [0.3, 0.4) is 0 Å². The highest BCUT2D eigenvalue weighted by atomic mass is 16.5. The topological polar surface area (TPSA) is 30.5 Å². The number of hydrogen-bond acceptors (Lipinski definition) is 3. The van der Waals surface area contributed by atoms with E-state index in [1.165, 1.54) is 0 Å². The van der Waals surface area contributed by atoms with Gasteiger partial charge in [0.25, 0.3) is 0 Å². The maximum atomic E-state index is 5.55. The molecule has 0 saturated carbocycles. The van der Waals surface area contributed by atoms with Crippen molar-refractivity contribution in [3.8, 4) is 5.75 Å². The van der Waals surface area contributed by atoms with E-state index >= 15 is 0 Å². The standard InChI is InChI=1S/C14H23NO2/c1-5-17-13-9-7-6-8-12(13)15-11-10-14(2,3)16-4/h6-9,15H,5,10-11H2,1-4H3. The molecule has 0 spiro atoms. The molecule has 0 atom stereocenters. The van der Waals surface area contributed by atoms with E-state index in [4.69, 9.17) is 9.47 Å². The van der Waals surface area contributed by atoms with E-state index in [-0.39, 0.29) is 5.60 Å². The van der Waals surface area contributed by atoms with Crippen LogP contribution in [0.25, 0.3) is 0 Å². The van der Waals surface area contributed by atoms with Gasteiger partial charge >= 0.3 is 0 Å². The van der Waals surface area contributed by atoms with Crippen molar-refractivity contribution in [1.82, 2.24) is 0 Å². The molecule has 3 nitrogen and oxygen atoms in total. The molecule has 1 rings (SSSR count). The van der Waals surface area contributed by atoms with E-state index < -0.39 is 0 Å². The summed E-state index contributed by atoms with van der Waals surface area (Å²) in [5, 5.41) is 3.38. The van der Waals surface area contributed by atoms with Gasteiger partial charge in [-0.05, 0) is 39.3 Å². The Morgan fingerprint density at radius 3 is 2.59 bits per heavy atom. The predicted molar refractivity (Wildman–Crippen MR) is 71.8 cm³/mol. The Kier molecular flexibility index (Phi) is 5.29. The number of nitrogens with one attached hydrogen (secondary N) is 1. The van der Waals surface area contributed by atoms with Crippen LogP contribution in [-0.2, 0) is 4.74 Å². The number of ether oxygens (including phenoxy) is 2. The third kappa shape index (κ3) is 4.65. The molecule has 0 saturated heterocycles. The fraction of sp³-hybridized carbons (Fsp3) is 0.571. The predicted octanol–water partition coefficient (Wildman–Crippen LogP) is 3.31. The Labute approximate surface area is 104 Å². The van der Waals surface area contributed by atoms with Crippen LogP contribution in [0, 0.1) is 0 Å². The van der Waals surface area contributed by atoms with Crippen molar-refractivity contribution < 1.29 is 9.47 Å². The molecule has 17 heavy (non-hydrogen) atoms. The number of methoxy groups -OCH3 is 1. The van der Waals surface area contributed by atoms with Crippen LogP contribution in [0.5, 0.6) is 5.75 Å². The Morgan fingerprint density at radius 2 is 1.94 bits per heavy atom. The molecule has 0 aliphatic carbocycles. The second-order valence-electron chi connectivity index (χ2n) is 4.57. The largest absolute Gasteiger partial charge is 0.492 e. The lowest BCUT2D eigenvalue weighted by atomic mass is 10.1. The van der Waals surface area contributed by atoms with Gasteiger partial charge in [-0.2, -0.15) is 0 Å². The van der Waals surface area contributed by atoms with Crippen molar-refractivity contribution in [2.45, 2.75) is 32.8 Å². The smallest absolute Gasteiger partial charge is 0.142 e. The Hall–Kier alpha value is -1.22. The van der Waals surface area contributed by atoms with Gasteiger partial charge in [0.05, 0.1) is 17.9 Å². The minimum Gasteiger partial charge on any atom is -0.492 e. The summed E-state index contributed by atoms with van der Waals surface area (Å²) in [4.78, 5) is 0. The van der Waals surface area contributed by atoms with Gasteiger partial charge in [0.2, 0.25) is 0 Å². The Balaban J connectivity index is 2.51. The number of anilines is 1. The summed E-state index contributed by atoms with van der Waals surface area (Å²) < 4.78 is 10.9. The molecule has 0 fully saturated rings. The average molecular weight is 237 g/mol. The van der Waals surface area contributed by atoms with Crippen LogP contribution in [0.15, 0.2) is 24.3 Å². The molecule has 0 bridgehead atoms. The van der Waals surface area contributed by atoms with Gasteiger partial charge < -0.3 is 14.8 Å². The SMILES string of the molecule is CCOc1ccccc1NCCC(C)(C)OC. The molecule has 1 aromatic carbocycles. The first kappa shape index (κ1) is 13.8. The number of para-hydroxylation sites is 2. The zero-order chi connectivity index (χ0) is 12.7. The van der Waals surface area contributed by atoms with Crippen molar-refractivity contribution in [2.24, 2.45) is 0 Å². The van der Waals surface area contributed by atoms with Gasteiger partial charge in [0.1, 0.15) is 5.75 Å². The van der Waals surface area contributed by atoms with Gasteiger partial charge in [-0.15, -0.1) is 0 Å². The summed E-state index contributed by atoms with van der Waals surface area (Å²) in [6.45, 7) is 7.71. The highest BCUT2D eigenvalue weighted by molar-refractivity contribution is 5.56. The van der Waals surface area contributed by atoms with Crippen molar-refractivity contribution >= 4 is 5.69 Å². The lowest BCUT2D eigenvalue weighted by molar-refractivity contribution is 0.0185. The van der Waals surface area contributed by atoms with E-state index in [2.05, 4.69) is 19.2 Å². The molecular formula is C14H23NO2. The van der Waals surface area contributed by atoms with E-state index in [9.17, 15) is 0 Å². The summed E-state index contributed by atoms with van der Waals surface area (Å²) in [6, 6.07) is 8.00. The third-order valence-electron chi connectivity index (χ3n) is 2.78. The van der Waals surface area contributed by atoms with Gasteiger partial charge in [-0.1, -0.05) is 12.1 Å². The Bertz CT molecular complexity index is 337. The normalized spacial score (nSPS) is 11.3. The summed E-state index contributed by atoms with van der Waals surface area (Å²) in [5.74, 6) is 0.908. The molecule has 0 aliphatic heterocycles. The van der Waals surface area contributed by atoms with Crippen LogP contribution in [0.1, 0.15) is 27.2 Å². The molecule has 1 aromatic rings. The zero-order valence-electron chi connectivity index (χ0n) is 11.2. The minimum absolute atomic E-state index is 0.0897. The highest BCUT2D eigenvalue weighted by Crippen LogP contribution is 2.24. The van der Waals surface area contributed by atoms with Crippen LogP contribution in [0.2, 0.25) is 0 Å². The van der Waals surface area contributed by atoms with Gasteiger partial charge in [-0.3, -0.25) is 0 Å². The lowest BCUT2D eigenvalue weighted by Gasteiger charge is -2.23. The van der Waals surface area contributed by atoms with Crippen molar-refractivity contribution in [1.29, 1.82) is 0 Å². The summed E-state index contributed by atoms with van der Waals surface area (Å²) >= 11 is 0. The first-order chi connectivity index (χ1) is 8.09. The van der Waals surface area contributed by atoms with Gasteiger partial charge in [0.15, 0.2) is 0 Å². The molecule has 96 valence electrons. The van der Waals surface area contributed by atoms with Crippen molar-refractivity contribution in [2.75, 3.05) is 25.6 Å². The first-order valence-corrected chi connectivity index (χ1v) is 6.10. The molecule has 0 unspecified atom stereocenters. The zero-order valence-corrected chi connectivity index (χ0v) is 11.2. The second-order valence-corrected chi connectivity index (χ2v) is 4.57. The average Bonchev–Trinajstić information content (AvgIpc) is 2.31. The molecule has 0 amide bonds. The molecule has 0 aromatic heterocycles. The van der Waals surface area contributed by atoms with Crippen molar-refractivity contribution in [3.05, 3.63) is 24.3 Å². The molecule has 0 aliphatic rings. The number of benzene rings is 1. The molecule has 3 heteroatoms. The summed E-state index contributed by atoms with van der Waals surface area (Å²) in [5.41, 5.74) is 0.953. The third-order valence-corrected chi connectivity index (χ3v) is 2.78. The maximum absolute atomic E-state index is 5.55. The quantitative estimate of drug-likeness (QED) is 0.789. The molecule has 1 N–H and O–H groups in total. The van der Waals surface area contributed by atoms with E-state index in [1.54, 1.807) is 7.11 Å². The van der Waals surface area contributed by atoms with Crippen LogP contribution >= 0.6 is 0 Å². The van der Waals surface area contributed by atoms with E-state index in [1.807, 2.05) is 31.2 Å². The minimum atomic E-state index is -0.0897. The van der Waals surface area contributed by atoms with Crippen LogP contribution < -0.4 is 10.1 Å². The van der Waals surface area contributed by atoms with E-state index in [0.29, 0.717) is 6.61 Å². The monoisotopic (exact) mass is 237 g/mol. The Morgan fingerprint density at radius 1 is 1.24 bits per heavy atom. The van der Waals surface area contributed by atoms with Crippen LogP contribution in [-0.4, -0.2) is 25.9 Å². The second kappa shape index (κ2) is 6.50. The fourth-order valence-electron chi connectivity index (χ4n) is 1.49. The maximum Gasteiger partial charge on any atom is 0.142 e. The summed E-state index contributed by atoms with van der Waals surface area (Å²) in [6.07, 6.45) is 0.948. The first-order valence-electron chi connectivity index (χ1n) is 6.10. The molecule has 0 heterocycles. The van der Waals surface area contributed by atoms with Gasteiger partial charge in [-0.25, -0.2) is 0 Å². The summed E-state index contributed by atoms with van der Waals surface area (Å²) in [7, 11) is 1.74. The fourth-order valence-corrected chi connectivity index (χ4v) is 1.49. The number of rotatable bonds is 7. The number of hydrogen-bond donors (Lipinski definition) is 1. The van der Waals surface area contributed by atoms with Crippen LogP contribution in [0.4, 0.5) is 5.69 Å². The lowest BCUT2D eigenvalue weighted by Crippen LogP contribution is -2.25. The van der Waals surface area contributed by atoms with E-state index in [0.717, 1.165) is 24.4 Å². The molecular weight excluding hydrogens is 214 g/mol. The van der Waals surface area contributed by atoms with Gasteiger partial charge in [0, 0.05) is 13.7 Å². The molecule has 0 radical (unpaired) electrons.